The van der Waals surface area contributed by atoms with E-state index in [2.05, 4.69) is 22.9 Å². The molecule has 0 bridgehead atoms. The maximum Gasteiger partial charge on any atom is 0.161 e. The molecule has 0 aliphatic carbocycles. The molecule has 20 heavy (non-hydrogen) atoms. The molecule has 1 aromatic rings. The summed E-state index contributed by atoms with van der Waals surface area (Å²) in [6.45, 7) is 3.69. The largest absolute Gasteiger partial charge is 0.370 e. The van der Waals surface area contributed by atoms with E-state index in [0.717, 1.165) is 25.2 Å². The fourth-order valence-electron chi connectivity index (χ4n) is 2.84. The minimum atomic E-state index is 0.0421. The average Bonchev–Trinajstić information content (AvgIpc) is 2.45. The molecule has 1 aliphatic heterocycles. The van der Waals surface area contributed by atoms with Crippen LogP contribution in [-0.2, 0) is 0 Å². The zero-order valence-corrected chi connectivity index (χ0v) is 12.4. The van der Waals surface area contributed by atoms with Gasteiger partial charge in [0.25, 0.3) is 0 Å². The summed E-state index contributed by atoms with van der Waals surface area (Å²) in [5.41, 5.74) is 2.16. The molecular weight excluding hydrogens is 250 g/mol. The summed E-state index contributed by atoms with van der Waals surface area (Å²) in [7, 11) is 4.14. The van der Waals surface area contributed by atoms with Crippen LogP contribution in [0.2, 0.25) is 0 Å². The molecule has 1 saturated heterocycles. The number of benzene rings is 1. The average molecular weight is 271 g/mol. The van der Waals surface area contributed by atoms with Crippen LogP contribution in [0.25, 0.3) is 0 Å². The van der Waals surface area contributed by atoms with Crippen LogP contribution >= 0.6 is 0 Å². The number of piperidine rings is 1. The Morgan fingerprint density at radius 1 is 1.50 bits per heavy atom. The standard InChI is InChI=1S/C16H21N3O/c1-12(20)15-7-6-13(10-17)9-16(15)19(3)14-5-4-8-18(2)11-14/h6-7,9,14H,4-5,8,11H2,1-3H3. The molecule has 106 valence electrons. The number of hydrogen-bond acceptors (Lipinski definition) is 4. The number of anilines is 1. The number of ketones is 1. The van der Waals surface area contributed by atoms with Crippen molar-refractivity contribution < 1.29 is 4.79 Å². The molecular formula is C16H21N3O. The Labute approximate surface area is 120 Å². The highest BCUT2D eigenvalue weighted by molar-refractivity contribution is 6.00. The van der Waals surface area contributed by atoms with Gasteiger partial charge in [-0.05, 0) is 51.6 Å². The summed E-state index contributed by atoms with van der Waals surface area (Å²) in [4.78, 5) is 16.3. The Morgan fingerprint density at radius 3 is 2.85 bits per heavy atom. The Hall–Kier alpha value is -1.86. The zero-order chi connectivity index (χ0) is 14.7. The predicted molar refractivity (Wildman–Crippen MR) is 80.1 cm³/mol. The Morgan fingerprint density at radius 2 is 2.25 bits per heavy atom. The number of nitrogens with zero attached hydrogens (tertiary/aromatic N) is 3. The number of nitriles is 1. The molecule has 0 amide bonds. The van der Waals surface area contributed by atoms with E-state index in [9.17, 15) is 4.79 Å². The molecule has 0 saturated carbocycles. The van der Waals surface area contributed by atoms with Crippen molar-refractivity contribution in [1.82, 2.24) is 4.90 Å². The fourth-order valence-corrected chi connectivity index (χ4v) is 2.84. The molecule has 0 aromatic heterocycles. The Balaban J connectivity index is 2.34. The van der Waals surface area contributed by atoms with Gasteiger partial charge in [-0.2, -0.15) is 5.26 Å². The second kappa shape index (κ2) is 6.06. The van der Waals surface area contributed by atoms with Crippen molar-refractivity contribution >= 4 is 11.5 Å². The highest BCUT2D eigenvalue weighted by Crippen LogP contribution is 2.26. The van der Waals surface area contributed by atoms with E-state index in [4.69, 9.17) is 5.26 Å². The van der Waals surface area contributed by atoms with Crippen molar-refractivity contribution in [3.63, 3.8) is 0 Å². The Bertz CT molecular complexity index is 547. The molecule has 1 aromatic carbocycles. The van der Waals surface area contributed by atoms with Gasteiger partial charge in [-0.1, -0.05) is 0 Å². The van der Waals surface area contributed by atoms with Crippen LogP contribution < -0.4 is 4.90 Å². The third-order valence-corrected chi connectivity index (χ3v) is 4.03. The van der Waals surface area contributed by atoms with Gasteiger partial charge in [-0.25, -0.2) is 0 Å². The van der Waals surface area contributed by atoms with E-state index >= 15 is 0 Å². The molecule has 0 radical (unpaired) electrons. The van der Waals surface area contributed by atoms with E-state index in [1.807, 2.05) is 13.1 Å². The molecule has 1 unspecified atom stereocenters. The maximum absolute atomic E-state index is 11.8. The first-order valence-corrected chi connectivity index (χ1v) is 6.99. The van der Waals surface area contributed by atoms with Crippen LogP contribution in [0.15, 0.2) is 18.2 Å². The van der Waals surface area contributed by atoms with E-state index in [-0.39, 0.29) is 5.78 Å². The van der Waals surface area contributed by atoms with Crippen molar-refractivity contribution in [2.24, 2.45) is 0 Å². The van der Waals surface area contributed by atoms with E-state index in [0.29, 0.717) is 17.2 Å². The van der Waals surface area contributed by atoms with E-state index < -0.39 is 0 Å². The summed E-state index contributed by atoms with van der Waals surface area (Å²) >= 11 is 0. The quantitative estimate of drug-likeness (QED) is 0.791. The number of hydrogen-bond donors (Lipinski definition) is 0. The van der Waals surface area contributed by atoms with Crippen molar-refractivity contribution in [1.29, 1.82) is 5.26 Å². The zero-order valence-electron chi connectivity index (χ0n) is 12.4. The van der Waals surface area contributed by atoms with Gasteiger partial charge in [-0.3, -0.25) is 4.79 Å². The van der Waals surface area contributed by atoms with Crippen molar-refractivity contribution in [2.75, 3.05) is 32.1 Å². The number of carbonyl (C=O) groups is 1. The molecule has 0 N–H and O–H groups in total. The van der Waals surface area contributed by atoms with Gasteiger partial charge >= 0.3 is 0 Å². The van der Waals surface area contributed by atoms with Crippen molar-refractivity contribution in [3.05, 3.63) is 29.3 Å². The van der Waals surface area contributed by atoms with Gasteiger partial charge in [0.2, 0.25) is 0 Å². The van der Waals surface area contributed by atoms with Crippen LogP contribution in [0, 0.1) is 11.3 Å². The third-order valence-electron chi connectivity index (χ3n) is 4.03. The number of likely N-dealkylation sites (N-methyl/N-ethyl adjacent to an activating group) is 2. The SMILES string of the molecule is CC(=O)c1ccc(C#N)cc1N(C)C1CCCN(C)C1. The minimum absolute atomic E-state index is 0.0421. The molecule has 2 rings (SSSR count). The smallest absolute Gasteiger partial charge is 0.161 e. The molecule has 1 heterocycles. The second-order valence-electron chi connectivity index (χ2n) is 5.57. The first kappa shape index (κ1) is 14.5. The molecule has 1 atom stereocenters. The summed E-state index contributed by atoms with van der Waals surface area (Å²) in [6.07, 6.45) is 2.29. The van der Waals surface area contributed by atoms with Gasteiger partial charge in [0.15, 0.2) is 5.78 Å². The minimum Gasteiger partial charge on any atom is -0.370 e. The lowest BCUT2D eigenvalue weighted by Crippen LogP contribution is -2.45. The normalized spacial score (nSPS) is 19.4. The first-order chi connectivity index (χ1) is 9.52. The predicted octanol–water partition coefficient (Wildman–Crippen LogP) is 2.29. The van der Waals surface area contributed by atoms with Crippen LogP contribution in [0.1, 0.15) is 35.7 Å². The highest BCUT2D eigenvalue weighted by Gasteiger charge is 2.23. The summed E-state index contributed by atoms with van der Waals surface area (Å²) in [5.74, 6) is 0.0421. The summed E-state index contributed by atoms with van der Waals surface area (Å²) < 4.78 is 0. The first-order valence-electron chi connectivity index (χ1n) is 6.99. The Kier molecular flexibility index (Phi) is 4.41. The number of carbonyl (C=O) groups excluding carboxylic acids is 1. The number of likely N-dealkylation sites (tertiary alicyclic amines) is 1. The van der Waals surface area contributed by atoms with Crippen molar-refractivity contribution in [3.8, 4) is 6.07 Å². The fraction of sp³-hybridized carbons (Fsp3) is 0.500. The van der Waals surface area contributed by atoms with Gasteiger partial charge in [0.05, 0.1) is 11.6 Å². The summed E-state index contributed by atoms with van der Waals surface area (Å²) in [5, 5.41) is 9.06. The van der Waals surface area contributed by atoms with E-state index in [1.54, 1.807) is 19.1 Å². The van der Waals surface area contributed by atoms with Gasteiger partial charge in [0.1, 0.15) is 0 Å². The van der Waals surface area contributed by atoms with Gasteiger partial charge < -0.3 is 9.80 Å². The van der Waals surface area contributed by atoms with Crippen LogP contribution in [0.3, 0.4) is 0 Å². The molecule has 1 aliphatic rings. The molecule has 0 spiro atoms. The second-order valence-corrected chi connectivity index (χ2v) is 5.57. The van der Waals surface area contributed by atoms with E-state index in [1.165, 1.54) is 6.42 Å². The third kappa shape index (κ3) is 3.00. The number of Topliss-reactive ketones (excluding diaryl/α,β-unsaturated/α-hetero) is 1. The lowest BCUT2D eigenvalue weighted by atomic mass is 10.0. The highest BCUT2D eigenvalue weighted by atomic mass is 16.1. The summed E-state index contributed by atoms with van der Waals surface area (Å²) in [6, 6.07) is 7.84. The maximum atomic E-state index is 11.8. The van der Waals surface area contributed by atoms with Gasteiger partial charge in [0, 0.05) is 30.9 Å². The molecule has 1 fully saturated rings. The molecule has 4 heteroatoms. The van der Waals surface area contributed by atoms with Crippen molar-refractivity contribution in [2.45, 2.75) is 25.8 Å². The lowest BCUT2D eigenvalue weighted by molar-refractivity contribution is 0.101. The topological polar surface area (TPSA) is 47.3 Å². The van der Waals surface area contributed by atoms with Crippen LogP contribution in [-0.4, -0.2) is 43.9 Å². The monoisotopic (exact) mass is 271 g/mol. The van der Waals surface area contributed by atoms with Gasteiger partial charge in [-0.15, -0.1) is 0 Å². The number of rotatable bonds is 3. The molecule has 4 nitrogen and oxygen atoms in total. The lowest BCUT2D eigenvalue weighted by Gasteiger charge is -2.37. The van der Waals surface area contributed by atoms with Crippen LogP contribution in [0.4, 0.5) is 5.69 Å². The van der Waals surface area contributed by atoms with Crippen LogP contribution in [0.5, 0.6) is 0 Å².